The summed E-state index contributed by atoms with van der Waals surface area (Å²) in [7, 11) is 0. The third kappa shape index (κ3) is 1.83. The molecule has 2 aromatic rings. The maximum absolute atomic E-state index is 8.64. The number of pyridine rings is 1. The summed E-state index contributed by atoms with van der Waals surface area (Å²) in [5, 5.41) is 9.76. The molecular weight excluding hydrogens is 186 g/mol. The Labute approximate surface area is 88.6 Å². The van der Waals surface area contributed by atoms with Crippen molar-refractivity contribution >= 4 is 10.9 Å². The lowest BCUT2D eigenvalue weighted by Crippen LogP contribution is -1.87. The monoisotopic (exact) mass is 197 g/mol. The maximum atomic E-state index is 8.64. The predicted octanol–water partition coefficient (Wildman–Crippen LogP) is 1.89. The van der Waals surface area contributed by atoms with E-state index in [0.717, 1.165) is 22.0 Å². The molecule has 1 aromatic carbocycles. The van der Waals surface area contributed by atoms with Crippen molar-refractivity contribution in [1.82, 2.24) is 4.98 Å². The van der Waals surface area contributed by atoms with E-state index in [2.05, 4.69) is 16.8 Å². The van der Waals surface area contributed by atoms with Crippen LogP contribution in [0.3, 0.4) is 0 Å². The number of rotatable bonds is 0. The number of aryl methyl sites for hydroxylation is 1. The standard InChI is InChI=1S/C13H11NO/c1-10-11(5-3-9-15)6-7-12-4-2-8-14-13(10)12/h2,4,6-8,15H,9H2,1H3. The SMILES string of the molecule is Cc1c(C#CCO)ccc2cccnc12. The van der Waals surface area contributed by atoms with E-state index in [1.165, 1.54) is 0 Å². The van der Waals surface area contributed by atoms with Gasteiger partial charge >= 0.3 is 0 Å². The lowest BCUT2D eigenvalue weighted by atomic mass is 10.0. The fraction of sp³-hybridized carbons (Fsp3) is 0.154. The summed E-state index contributed by atoms with van der Waals surface area (Å²) < 4.78 is 0. The second kappa shape index (κ2) is 4.12. The number of hydrogen-bond acceptors (Lipinski definition) is 2. The molecule has 0 saturated heterocycles. The highest BCUT2D eigenvalue weighted by atomic mass is 16.2. The minimum Gasteiger partial charge on any atom is -0.384 e. The van der Waals surface area contributed by atoms with Gasteiger partial charge < -0.3 is 5.11 Å². The highest BCUT2D eigenvalue weighted by Crippen LogP contribution is 2.18. The topological polar surface area (TPSA) is 33.1 Å². The molecule has 0 saturated carbocycles. The van der Waals surface area contributed by atoms with Crippen LogP contribution in [0, 0.1) is 18.8 Å². The molecule has 2 nitrogen and oxygen atoms in total. The third-order valence-corrected chi connectivity index (χ3v) is 2.33. The molecule has 1 aromatic heterocycles. The molecule has 2 rings (SSSR count). The van der Waals surface area contributed by atoms with Gasteiger partial charge in [-0.25, -0.2) is 0 Å². The van der Waals surface area contributed by atoms with Gasteiger partial charge in [0.15, 0.2) is 0 Å². The minimum atomic E-state index is -0.111. The van der Waals surface area contributed by atoms with Crippen LogP contribution in [0.15, 0.2) is 30.5 Å². The van der Waals surface area contributed by atoms with E-state index in [0.29, 0.717) is 0 Å². The number of aromatic nitrogens is 1. The molecule has 0 spiro atoms. The lowest BCUT2D eigenvalue weighted by molar-refractivity contribution is 0.350. The quantitative estimate of drug-likeness (QED) is 0.654. The Bertz CT molecular complexity index is 549. The van der Waals surface area contributed by atoms with Crippen molar-refractivity contribution in [2.45, 2.75) is 6.92 Å². The molecule has 0 amide bonds. The van der Waals surface area contributed by atoms with E-state index in [-0.39, 0.29) is 6.61 Å². The van der Waals surface area contributed by atoms with Crippen molar-refractivity contribution in [2.24, 2.45) is 0 Å². The summed E-state index contributed by atoms with van der Waals surface area (Å²) in [6.07, 6.45) is 1.78. The number of hydrogen-bond donors (Lipinski definition) is 1. The average molecular weight is 197 g/mol. The molecule has 1 heterocycles. The molecular formula is C13H11NO. The van der Waals surface area contributed by atoms with Crippen LogP contribution in [0.25, 0.3) is 10.9 Å². The van der Waals surface area contributed by atoms with Gasteiger partial charge in [0, 0.05) is 17.1 Å². The largest absolute Gasteiger partial charge is 0.384 e. The summed E-state index contributed by atoms with van der Waals surface area (Å²) >= 11 is 0. The van der Waals surface area contributed by atoms with Crippen LogP contribution < -0.4 is 0 Å². The molecule has 1 N–H and O–H groups in total. The first-order valence-corrected chi connectivity index (χ1v) is 4.77. The van der Waals surface area contributed by atoms with Crippen molar-refractivity contribution in [2.75, 3.05) is 6.61 Å². The van der Waals surface area contributed by atoms with Gasteiger partial charge in [-0.2, -0.15) is 0 Å². The Balaban J connectivity index is 2.65. The fourth-order valence-electron chi connectivity index (χ4n) is 1.56. The van der Waals surface area contributed by atoms with E-state index in [1.807, 2.05) is 31.2 Å². The molecule has 0 aliphatic heterocycles. The fourth-order valence-corrected chi connectivity index (χ4v) is 1.56. The zero-order valence-corrected chi connectivity index (χ0v) is 8.49. The van der Waals surface area contributed by atoms with Crippen molar-refractivity contribution in [3.05, 3.63) is 41.6 Å². The first-order chi connectivity index (χ1) is 7.33. The Morgan fingerprint density at radius 3 is 3.00 bits per heavy atom. The van der Waals surface area contributed by atoms with Crippen molar-refractivity contribution < 1.29 is 5.11 Å². The molecule has 15 heavy (non-hydrogen) atoms. The minimum absolute atomic E-state index is 0.111. The van der Waals surface area contributed by atoms with E-state index in [9.17, 15) is 0 Å². The zero-order chi connectivity index (χ0) is 10.7. The molecule has 2 heteroatoms. The maximum Gasteiger partial charge on any atom is 0.104 e. The predicted molar refractivity (Wildman–Crippen MR) is 60.4 cm³/mol. The van der Waals surface area contributed by atoms with Gasteiger partial charge in [0.2, 0.25) is 0 Å². The second-order valence-electron chi connectivity index (χ2n) is 3.27. The molecule has 0 aliphatic rings. The van der Waals surface area contributed by atoms with Crippen LogP contribution in [-0.4, -0.2) is 16.7 Å². The van der Waals surface area contributed by atoms with Crippen LogP contribution in [-0.2, 0) is 0 Å². The normalized spacial score (nSPS) is 9.73. The first kappa shape index (κ1) is 9.70. The Morgan fingerprint density at radius 2 is 2.20 bits per heavy atom. The van der Waals surface area contributed by atoms with Gasteiger partial charge in [-0.15, -0.1) is 0 Å². The summed E-state index contributed by atoms with van der Waals surface area (Å²) in [6, 6.07) is 7.90. The van der Waals surface area contributed by atoms with E-state index in [4.69, 9.17) is 5.11 Å². The van der Waals surface area contributed by atoms with Crippen LogP contribution in [0.5, 0.6) is 0 Å². The van der Waals surface area contributed by atoms with Gasteiger partial charge in [-0.1, -0.05) is 24.0 Å². The van der Waals surface area contributed by atoms with Gasteiger partial charge in [-0.3, -0.25) is 4.98 Å². The van der Waals surface area contributed by atoms with Gasteiger partial charge in [-0.05, 0) is 24.6 Å². The van der Waals surface area contributed by atoms with Crippen LogP contribution in [0.1, 0.15) is 11.1 Å². The summed E-state index contributed by atoms with van der Waals surface area (Å²) in [5.74, 6) is 5.56. The summed E-state index contributed by atoms with van der Waals surface area (Å²) in [4.78, 5) is 4.32. The first-order valence-electron chi connectivity index (χ1n) is 4.77. The molecule has 0 atom stereocenters. The molecule has 0 aliphatic carbocycles. The summed E-state index contributed by atoms with van der Waals surface area (Å²) in [6.45, 7) is 1.89. The average Bonchev–Trinajstić information content (AvgIpc) is 2.29. The Hall–Kier alpha value is -1.85. The third-order valence-electron chi connectivity index (χ3n) is 2.33. The molecule has 0 unspecified atom stereocenters. The highest BCUT2D eigenvalue weighted by Gasteiger charge is 2.01. The number of benzene rings is 1. The zero-order valence-electron chi connectivity index (χ0n) is 8.49. The second-order valence-corrected chi connectivity index (χ2v) is 3.27. The van der Waals surface area contributed by atoms with Crippen molar-refractivity contribution in [3.8, 4) is 11.8 Å². The summed E-state index contributed by atoms with van der Waals surface area (Å²) in [5.41, 5.74) is 2.96. The number of fused-ring (bicyclic) bond motifs is 1. The lowest BCUT2D eigenvalue weighted by Gasteiger charge is -2.02. The van der Waals surface area contributed by atoms with Crippen LogP contribution >= 0.6 is 0 Å². The highest BCUT2D eigenvalue weighted by molar-refractivity contribution is 5.83. The number of aliphatic hydroxyl groups is 1. The molecule has 0 radical (unpaired) electrons. The van der Waals surface area contributed by atoms with Crippen molar-refractivity contribution in [3.63, 3.8) is 0 Å². The molecule has 0 fully saturated rings. The Kier molecular flexibility index (Phi) is 2.66. The number of aliphatic hydroxyl groups excluding tert-OH is 1. The Morgan fingerprint density at radius 1 is 1.33 bits per heavy atom. The van der Waals surface area contributed by atoms with Crippen LogP contribution in [0.4, 0.5) is 0 Å². The smallest absolute Gasteiger partial charge is 0.104 e. The van der Waals surface area contributed by atoms with E-state index >= 15 is 0 Å². The van der Waals surface area contributed by atoms with Gasteiger partial charge in [0.25, 0.3) is 0 Å². The van der Waals surface area contributed by atoms with Crippen molar-refractivity contribution in [1.29, 1.82) is 0 Å². The molecule has 0 bridgehead atoms. The van der Waals surface area contributed by atoms with E-state index in [1.54, 1.807) is 6.20 Å². The molecule has 74 valence electrons. The van der Waals surface area contributed by atoms with Gasteiger partial charge in [0.1, 0.15) is 6.61 Å². The van der Waals surface area contributed by atoms with Gasteiger partial charge in [0.05, 0.1) is 5.52 Å². The van der Waals surface area contributed by atoms with E-state index < -0.39 is 0 Å². The number of nitrogens with zero attached hydrogens (tertiary/aromatic N) is 1. The van der Waals surface area contributed by atoms with Crippen LogP contribution in [0.2, 0.25) is 0 Å².